The van der Waals surface area contributed by atoms with Crippen LogP contribution in [0, 0.1) is 0 Å². The number of halogens is 2. The van der Waals surface area contributed by atoms with Crippen molar-refractivity contribution in [2.45, 2.75) is 116 Å². The van der Waals surface area contributed by atoms with Gasteiger partial charge in [-0.2, -0.15) is 0 Å². The fourth-order valence-electron chi connectivity index (χ4n) is 7.35. The Hall–Kier alpha value is -4.65. The van der Waals surface area contributed by atoms with E-state index >= 15 is 0 Å². The second kappa shape index (κ2) is 24.1. The molecule has 5 aromatic rings. The number of hydrogen-bond donors (Lipinski definition) is 3. The zero-order chi connectivity index (χ0) is 43.6. The van der Waals surface area contributed by atoms with E-state index < -0.39 is 11.9 Å². The van der Waals surface area contributed by atoms with E-state index in [1.165, 1.54) is 63.5 Å². The predicted molar refractivity (Wildman–Crippen MR) is 239 cm³/mol. The summed E-state index contributed by atoms with van der Waals surface area (Å²) >= 11 is 12.1. The SMILES string of the molecule is CCCCCCCCCCNC(C)(C)c1ncco1.O=C(O)c1ccc(C2CCCO2)c(-c2cccc(Cl)c2)n1.O=C(O)c1ccc(C2CCCO2)c(-c2cccc(Cl)c2)n1. The highest BCUT2D eigenvalue weighted by molar-refractivity contribution is 6.31. The molecule has 11 nitrogen and oxygen atoms in total. The summed E-state index contributed by atoms with van der Waals surface area (Å²) in [5.41, 5.74) is 4.57. The van der Waals surface area contributed by atoms with Crippen LogP contribution in [0.4, 0.5) is 0 Å². The van der Waals surface area contributed by atoms with Crippen molar-refractivity contribution in [1.29, 1.82) is 0 Å². The Morgan fingerprint density at radius 3 is 1.62 bits per heavy atom. The van der Waals surface area contributed by atoms with E-state index in [4.69, 9.17) is 47.3 Å². The van der Waals surface area contributed by atoms with Crippen molar-refractivity contribution >= 4 is 35.1 Å². The topological polar surface area (TPSA) is 157 Å². The number of carboxylic acids is 2. The van der Waals surface area contributed by atoms with Gasteiger partial charge < -0.3 is 29.4 Å². The lowest BCUT2D eigenvalue weighted by Crippen LogP contribution is -2.37. The van der Waals surface area contributed by atoms with Gasteiger partial charge in [0, 0.05) is 45.5 Å². The number of nitrogens with zero attached hydrogens (tertiary/aromatic N) is 3. The van der Waals surface area contributed by atoms with Gasteiger partial charge >= 0.3 is 11.9 Å². The number of carbonyl (C=O) groups is 2. The lowest BCUT2D eigenvalue weighted by molar-refractivity contribution is 0.0679. The molecule has 2 unspecified atom stereocenters. The first kappa shape index (κ1) is 47.4. The Morgan fingerprint density at radius 2 is 1.21 bits per heavy atom. The summed E-state index contributed by atoms with van der Waals surface area (Å²) < 4.78 is 16.8. The minimum atomic E-state index is -1.04. The van der Waals surface area contributed by atoms with Gasteiger partial charge in [-0.1, -0.05) is 111 Å². The molecular weight excluding hydrogens is 815 g/mol. The van der Waals surface area contributed by atoms with E-state index in [0.29, 0.717) is 21.4 Å². The molecule has 2 fully saturated rings. The van der Waals surface area contributed by atoms with Gasteiger partial charge in [-0.3, -0.25) is 0 Å². The normalized spacial score (nSPS) is 16.0. The van der Waals surface area contributed by atoms with E-state index in [1.54, 1.807) is 48.9 Å². The lowest BCUT2D eigenvalue weighted by Gasteiger charge is -2.22. The van der Waals surface area contributed by atoms with Crippen LogP contribution in [0.3, 0.4) is 0 Å². The molecule has 5 heterocycles. The number of benzene rings is 2. The molecule has 2 aliphatic heterocycles. The minimum absolute atomic E-state index is 0.0201. The monoisotopic (exact) mass is 872 g/mol. The van der Waals surface area contributed by atoms with Gasteiger partial charge in [-0.05, 0) is 88.9 Å². The van der Waals surface area contributed by atoms with Crippen LogP contribution in [0.5, 0.6) is 0 Å². The maximum atomic E-state index is 11.2. The number of aromatic carboxylic acids is 2. The van der Waals surface area contributed by atoms with Crippen molar-refractivity contribution in [3.05, 3.63) is 124 Å². The average Bonchev–Trinajstić information content (AvgIpc) is 4.09. The number of rotatable bonds is 17. The molecule has 0 radical (unpaired) electrons. The van der Waals surface area contributed by atoms with Gasteiger partial charge in [-0.25, -0.2) is 24.5 Å². The molecule has 0 spiro atoms. The molecule has 2 aliphatic rings. The van der Waals surface area contributed by atoms with Crippen molar-refractivity contribution in [3.8, 4) is 22.5 Å². The maximum absolute atomic E-state index is 11.2. The van der Waals surface area contributed by atoms with E-state index in [2.05, 4.69) is 41.0 Å². The first-order valence-corrected chi connectivity index (χ1v) is 22.1. The molecule has 13 heteroatoms. The molecule has 7 rings (SSSR count). The first-order chi connectivity index (χ1) is 29.5. The minimum Gasteiger partial charge on any atom is -0.477 e. The first-order valence-electron chi connectivity index (χ1n) is 21.4. The van der Waals surface area contributed by atoms with Crippen molar-refractivity contribution in [3.63, 3.8) is 0 Å². The van der Waals surface area contributed by atoms with Crippen molar-refractivity contribution in [1.82, 2.24) is 20.3 Å². The Bertz CT molecular complexity index is 2020. The summed E-state index contributed by atoms with van der Waals surface area (Å²) in [6, 6.07) is 21.2. The largest absolute Gasteiger partial charge is 0.477 e. The van der Waals surface area contributed by atoms with Crippen molar-refractivity contribution in [2.75, 3.05) is 19.8 Å². The van der Waals surface area contributed by atoms with E-state index in [-0.39, 0.29) is 29.1 Å². The highest BCUT2D eigenvalue weighted by Crippen LogP contribution is 2.37. The van der Waals surface area contributed by atoms with Crippen LogP contribution in [0.1, 0.15) is 148 Å². The number of carboxylic acid groups (broad SMARTS) is 2. The quantitative estimate of drug-likeness (QED) is 0.0764. The number of unbranched alkanes of at least 4 members (excludes halogenated alkanes) is 7. The molecule has 0 aliphatic carbocycles. The maximum Gasteiger partial charge on any atom is 0.354 e. The van der Waals surface area contributed by atoms with Crippen molar-refractivity contribution < 1.29 is 33.7 Å². The Balaban J connectivity index is 0.000000174. The summed E-state index contributed by atoms with van der Waals surface area (Å²) in [7, 11) is 0. The second-order valence-corrected chi connectivity index (χ2v) is 16.6. The van der Waals surface area contributed by atoms with Gasteiger partial charge in [0.1, 0.15) is 17.7 Å². The molecule has 0 amide bonds. The van der Waals surface area contributed by atoms with E-state index in [0.717, 1.165) is 73.6 Å². The summed E-state index contributed by atoms with van der Waals surface area (Å²) in [6.45, 7) is 8.97. The highest BCUT2D eigenvalue weighted by Gasteiger charge is 2.26. The van der Waals surface area contributed by atoms with Crippen LogP contribution in [-0.2, 0) is 15.0 Å². The molecular formula is C48H58Cl2N4O7. The number of oxazole rings is 1. The Morgan fingerprint density at radius 1 is 0.721 bits per heavy atom. The summed E-state index contributed by atoms with van der Waals surface area (Å²) in [4.78, 5) is 35.1. The standard InChI is InChI=1S/2C16H14ClNO3.C16H30N2O/c2*17-11-4-1-3-10(9-11)15-12(14-5-2-8-21-14)6-7-13(18-15)16(19)20;1-4-5-6-7-8-9-10-11-12-18-16(2,3)15-17-13-14-19-15/h2*1,3-4,6-7,9,14H,2,5,8H2,(H,19,20);13-14,18H,4-12H2,1-3H3. The third-order valence-corrected chi connectivity index (χ3v) is 11.1. The number of ether oxygens (including phenoxy) is 2. The molecule has 0 saturated carbocycles. The summed E-state index contributed by atoms with van der Waals surface area (Å²) in [5, 5.41) is 23.0. The van der Waals surface area contributed by atoms with Crippen molar-refractivity contribution in [2.24, 2.45) is 0 Å². The fourth-order valence-corrected chi connectivity index (χ4v) is 7.73. The lowest BCUT2D eigenvalue weighted by atomic mass is 9.99. The number of aromatic nitrogens is 3. The molecule has 0 bridgehead atoms. The number of nitrogens with one attached hydrogen (secondary N) is 1. The predicted octanol–water partition coefficient (Wildman–Crippen LogP) is 12.5. The molecule has 2 aromatic carbocycles. The highest BCUT2D eigenvalue weighted by atomic mass is 35.5. The molecule has 61 heavy (non-hydrogen) atoms. The van der Waals surface area contributed by atoms with Crippen LogP contribution in [0.15, 0.2) is 89.7 Å². The average molecular weight is 874 g/mol. The smallest absolute Gasteiger partial charge is 0.354 e. The Labute approximate surface area is 369 Å². The van der Waals surface area contributed by atoms with Crippen LogP contribution in [-0.4, -0.2) is 56.9 Å². The molecule has 3 aromatic heterocycles. The summed E-state index contributed by atoms with van der Waals surface area (Å²) in [5.74, 6) is -1.32. The molecule has 2 atom stereocenters. The Kier molecular flexibility index (Phi) is 18.7. The van der Waals surface area contributed by atoms with Crippen LogP contribution >= 0.6 is 23.2 Å². The molecule has 326 valence electrons. The zero-order valence-electron chi connectivity index (χ0n) is 35.4. The van der Waals surface area contributed by atoms with E-state index in [9.17, 15) is 9.59 Å². The summed E-state index contributed by atoms with van der Waals surface area (Å²) in [6.07, 6.45) is 18.0. The van der Waals surface area contributed by atoms with Gasteiger partial charge in [-0.15, -0.1) is 0 Å². The van der Waals surface area contributed by atoms with Gasteiger partial charge in [0.25, 0.3) is 0 Å². The van der Waals surface area contributed by atoms with Crippen LogP contribution < -0.4 is 5.32 Å². The van der Waals surface area contributed by atoms with Gasteiger partial charge in [0.05, 0.1) is 35.3 Å². The van der Waals surface area contributed by atoms with E-state index in [1.807, 2.05) is 24.3 Å². The van der Waals surface area contributed by atoms with Gasteiger partial charge in [0.15, 0.2) is 0 Å². The number of pyridine rings is 2. The molecule has 2 saturated heterocycles. The molecule has 3 N–H and O–H groups in total. The number of hydrogen-bond acceptors (Lipinski definition) is 9. The second-order valence-electron chi connectivity index (χ2n) is 15.8. The fraction of sp³-hybridized carbons (Fsp3) is 0.438. The van der Waals surface area contributed by atoms with Crippen LogP contribution in [0.25, 0.3) is 22.5 Å². The van der Waals surface area contributed by atoms with Gasteiger partial charge in [0.2, 0.25) is 5.89 Å². The third kappa shape index (κ3) is 14.5. The zero-order valence-corrected chi connectivity index (χ0v) is 36.9. The van der Waals surface area contributed by atoms with Crippen LogP contribution in [0.2, 0.25) is 10.0 Å². The third-order valence-electron chi connectivity index (χ3n) is 10.6.